The Morgan fingerprint density at radius 1 is 1.17 bits per heavy atom. The molecule has 23 heavy (non-hydrogen) atoms. The van der Waals surface area contributed by atoms with E-state index in [9.17, 15) is 0 Å². The Labute approximate surface area is 143 Å². The first kappa shape index (κ1) is 15.6. The van der Waals surface area contributed by atoms with Crippen molar-refractivity contribution in [1.29, 1.82) is 0 Å². The maximum atomic E-state index is 5.00. The van der Waals surface area contributed by atoms with Gasteiger partial charge in [-0.15, -0.1) is 11.3 Å². The van der Waals surface area contributed by atoms with Crippen LogP contribution >= 0.6 is 11.3 Å². The zero-order valence-electron chi connectivity index (χ0n) is 14.2. The maximum absolute atomic E-state index is 5.00. The zero-order chi connectivity index (χ0) is 15.8. The summed E-state index contributed by atoms with van der Waals surface area (Å²) in [6.45, 7) is 5.88. The Morgan fingerprint density at radius 2 is 2.00 bits per heavy atom. The summed E-state index contributed by atoms with van der Waals surface area (Å²) in [7, 11) is 2.22. The first-order chi connectivity index (χ1) is 11.2. The molecule has 0 amide bonds. The third-order valence-corrected chi connectivity index (χ3v) is 6.76. The van der Waals surface area contributed by atoms with E-state index >= 15 is 0 Å². The summed E-state index contributed by atoms with van der Waals surface area (Å²) in [5.74, 6) is 1.48. The average Bonchev–Trinajstić information content (AvgIpc) is 2.99. The monoisotopic (exact) mass is 329 g/mol. The van der Waals surface area contributed by atoms with Crippen LogP contribution in [0.4, 0.5) is 0 Å². The normalized spacial score (nSPS) is 27.6. The molecule has 0 unspecified atom stereocenters. The number of hydrogen-bond donors (Lipinski definition) is 1. The Hall–Kier alpha value is -0.970. The van der Waals surface area contributed by atoms with Crippen molar-refractivity contribution in [2.45, 2.75) is 44.6 Å². The Balaban J connectivity index is 1.55. The van der Waals surface area contributed by atoms with Gasteiger partial charge in [0.15, 0.2) is 0 Å². The highest BCUT2D eigenvalue weighted by Gasteiger charge is 2.23. The molecule has 2 saturated heterocycles. The predicted molar refractivity (Wildman–Crippen MR) is 98.2 cm³/mol. The van der Waals surface area contributed by atoms with E-state index in [0.717, 1.165) is 12.5 Å². The van der Waals surface area contributed by atoms with Crippen molar-refractivity contribution >= 4 is 21.6 Å². The third kappa shape index (κ3) is 3.30. The van der Waals surface area contributed by atoms with Crippen molar-refractivity contribution in [2.75, 3.05) is 26.7 Å². The molecule has 2 fully saturated rings. The van der Waals surface area contributed by atoms with Gasteiger partial charge in [-0.3, -0.25) is 0 Å². The fraction of sp³-hybridized carbons (Fsp3) is 0.632. The minimum absolute atomic E-state index is 0.518. The zero-order valence-corrected chi connectivity index (χ0v) is 15.0. The third-order valence-electron chi connectivity index (χ3n) is 5.56. The summed E-state index contributed by atoms with van der Waals surface area (Å²) in [6, 6.07) is 7.45. The van der Waals surface area contributed by atoms with Crippen LogP contribution < -0.4 is 5.32 Å². The van der Waals surface area contributed by atoms with Crippen molar-refractivity contribution in [3.63, 3.8) is 0 Å². The number of nitrogens with zero attached hydrogens (tertiary/aromatic N) is 2. The van der Waals surface area contributed by atoms with Gasteiger partial charge >= 0.3 is 0 Å². The number of fused-ring (bicyclic) bond motifs is 1. The molecule has 3 nitrogen and oxygen atoms in total. The lowest BCUT2D eigenvalue weighted by atomic mass is 9.92. The average molecular weight is 330 g/mol. The van der Waals surface area contributed by atoms with E-state index in [1.54, 1.807) is 0 Å². The smallest absolute Gasteiger partial charge is 0.0970 e. The van der Waals surface area contributed by atoms with Crippen LogP contribution in [-0.4, -0.2) is 36.6 Å². The predicted octanol–water partition coefficient (Wildman–Crippen LogP) is 4.17. The molecule has 1 aromatic heterocycles. The Morgan fingerprint density at radius 3 is 2.74 bits per heavy atom. The van der Waals surface area contributed by atoms with Gasteiger partial charge < -0.3 is 10.2 Å². The molecule has 2 aliphatic rings. The number of benzene rings is 1. The first-order valence-electron chi connectivity index (χ1n) is 9.01. The van der Waals surface area contributed by atoms with Crippen LogP contribution in [0.5, 0.6) is 0 Å². The van der Waals surface area contributed by atoms with Crippen LogP contribution in [0.15, 0.2) is 18.2 Å². The summed E-state index contributed by atoms with van der Waals surface area (Å²) < 4.78 is 1.35. The molecule has 0 spiro atoms. The topological polar surface area (TPSA) is 28.2 Å². The number of aromatic nitrogens is 1. The highest BCUT2D eigenvalue weighted by molar-refractivity contribution is 7.18. The molecule has 1 aromatic carbocycles. The van der Waals surface area contributed by atoms with Crippen molar-refractivity contribution in [3.05, 3.63) is 28.8 Å². The van der Waals surface area contributed by atoms with Crippen LogP contribution in [0, 0.1) is 5.92 Å². The van der Waals surface area contributed by atoms with Gasteiger partial charge in [0.05, 0.1) is 15.2 Å². The van der Waals surface area contributed by atoms with Gasteiger partial charge in [-0.25, -0.2) is 4.98 Å². The molecule has 124 valence electrons. The molecule has 3 heterocycles. The van der Waals surface area contributed by atoms with Gasteiger partial charge in [-0.2, -0.15) is 0 Å². The van der Waals surface area contributed by atoms with Crippen molar-refractivity contribution in [3.8, 4) is 0 Å². The van der Waals surface area contributed by atoms with Gasteiger partial charge in [0.25, 0.3) is 0 Å². The van der Waals surface area contributed by atoms with E-state index in [1.807, 2.05) is 11.3 Å². The summed E-state index contributed by atoms with van der Waals surface area (Å²) in [5.41, 5.74) is 2.63. The molecular formula is C19H27N3S. The molecule has 4 heteroatoms. The van der Waals surface area contributed by atoms with Crippen LogP contribution in [0.1, 0.15) is 55.1 Å². The first-order valence-corrected chi connectivity index (χ1v) is 9.83. The van der Waals surface area contributed by atoms with E-state index in [2.05, 4.69) is 42.4 Å². The molecule has 0 saturated carbocycles. The highest BCUT2D eigenvalue weighted by atomic mass is 32.1. The molecule has 1 N–H and O–H groups in total. The maximum Gasteiger partial charge on any atom is 0.0970 e. The number of nitrogens with one attached hydrogen (secondary N) is 1. The number of rotatable bonds is 2. The Bertz CT molecular complexity index is 644. The van der Waals surface area contributed by atoms with E-state index in [4.69, 9.17) is 4.98 Å². The molecule has 2 aliphatic heterocycles. The molecule has 2 atom stereocenters. The van der Waals surface area contributed by atoms with Gasteiger partial charge in [0.1, 0.15) is 0 Å². The highest BCUT2D eigenvalue weighted by Crippen LogP contribution is 2.35. The van der Waals surface area contributed by atoms with Crippen LogP contribution in [-0.2, 0) is 0 Å². The summed E-state index contributed by atoms with van der Waals surface area (Å²) in [6.07, 6.45) is 5.09. The van der Waals surface area contributed by atoms with Gasteiger partial charge in [-0.1, -0.05) is 13.0 Å². The van der Waals surface area contributed by atoms with Gasteiger partial charge in [-0.05, 0) is 76.0 Å². The van der Waals surface area contributed by atoms with Crippen LogP contribution in [0.3, 0.4) is 0 Å². The standard InChI is InChI=1S/C19H27N3S/c1-13-3-5-16(20-12-13)15-4-6-18-17(11-15)21-19(23-18)14-7-9-22(2)10-8-14/h4,6,11,13-14,16,20H,3,5,7-10,12H2,1-2H3/t13-,16+/m0/s1. The van der Waals surface area contributed by atoms with E-state index in [1.165, 1.54) is 59.6 Å². The summed E-state index contributed by atoms with van der Waals surface area (Å²) in [4.78, 5) is 7.43. The Kier molecular flexibility index (Phi) is 4.39. The minimum atomic E-state index is 0.518. The summed E-state index contributed by atoms with van der Waals surface area (Å²) >= 11 is 1.91. The second-order valence-electron chi connectivity index (χ2n) is 7.50. The number of thiazole rings is 1. The van der Waals surface area contributed by atoms with Crippen LogP contribution in [0.25, 0.3) is 10.2 Å². The van der Waals surface area contributed by atoms with Crippen molar-refractivity contribution in [2.24, 2.45) is 5.92 Å². The lowest BCUT2D eigenvalue weighted by Crippen LogP contribution is -2.31. The van der Waals surface area contributed by atoms with Crippen LogP contribution in [0.2, 0.25) is 0 Å². The second kappa shape index (κ2) is 6.50. The molecule has 0 radical (unpaired) electrons. The quantitative estimate of drug-likeness (QED) is 0.896. The van der Waals surface area contributed by atoms with Crippen molar-refractivity contribution in [1.82, 2.24) is 15.2 Å². The molecule has 4 rings (SSSR count). The van der Waals surface area contributed by atoms with Crippen molar-refractivity contribution < 1.29 is 0 Å². The number of likely N-dealkylation sites (tertiary alicyclic amines) is 1. The second-order valence-corrected chi connectivity index (χ2v) is 8.56. The SMILES string of the molecule is C[C@H]1CC[C@H](c2ccc3sc(C4CCN(C)CC4)nc3c2)NC1. The fourth-order valence-electron chi connectivity index (χ4n) is 3.89. The number of hydrogen-bond acceptors (Lipinski definition) is 4. The molecular weight excluding hydrogens is 302 g/mol. The lowest BCUT2D eigenvalue weighted by Gasteiger charge is -2.28. The van der Waals surface area contributed by atoms with E-state index in [-0.39, 0.29) is 0 Å². The van der Waals surface area contributed by atoms with E-state index in [0.29, 0.717) is 12.0 Å². The summed E-state index contributed by atoms with van der Waals surface area (Å²) in [5, 5.41) is 5.05. The van der Waals surface area contributed by atoms with Gasteiger partial charge in [0.2, 0.25) is 0 Å². The lowest BCUT2D eigenvalue weighted by molar-refractivity contribution is 0.255. The fourth-order valence-corrected chi connectivity index (χ4v) is 5.01. The largest absolute Gasteiger partial charge is 0.310 e. The minimum Gasteiger partial charge on any atom is -0.310 e. The van der Waals surface area contributed by atoms with E-state index < -0.39 is 0 Å². The number of piperidine rings is 2. The molecule has 0 aliphatic carbocycles. The van der Waals surface area contributed by atoms with Gasteiger partial charge in [0, 0.05) is 12.0 Å². The molecule has 0 bridgehead atoms. The molecule has 2 aromatic rings.